The average Bonchev–Trinajstić information content (AvgIpc) is 2.99. The van der Waals surface area contributed by atoms with Crippen LogP contribution in [-0.4, -0.2) is 49.0 Å². The normalized spacial score (nSPS) is 14.8. The smallest absolute Gasteiger partial charge is 0.322 e. The highest BCUT2D eigenvalue weighted by atomic mass is 35.5. The van der Waals surface area contributed by atoms with Crippen molar-refractivity contribution in [2.45, 2.75) is 53.8 Å². The van der Waals surface area contributed by atoms with Crippen LogP contribution in [0.5, 0.6) is 17.2 Å². The quantitative estimate of drug-likeness (QED) is 0.255. The summed E-state index contributed by atoms with van der Waals surface area (Å²) in [6.07, 6.45) is 0. The predicted molar refractivity (Wildman–Crippen MR) is 169 cm³/mol. The number of urea groups is 1. The van der Waals surface area contributed by atoms with E-state index in [1.165, 1.54) is 0 Å². The number of amides is 3. The third-order valence-electron chi connectivity index (χ3n) is 7.85. The van der Waals surface area contributed by atoms with E-state index in [4.69, 9.17) is 25.8 Å². The number of benzene rings is 3. The molecule has 0 saturated carbocycles. The number of carbonyl (C=O) groups excluding carboxylic acids is 2. The summed E-state index contributed by atoms with van der Waals surface area (Å²) in [6, 6.07) is 16.1. The number of methoxy groups -OCH3 is 2. The molecule has 1 aliphatic rings. The summed E-state index contributed by atoms with van der Waals surface area (Å²) in [5.41, 5.74) is 5.41. The van der Waals surface area contributed by atoms with E-state index in [1.807, 2.05) is 83.1 Å². The van der Waals surface area contributed by atoms with Crippen molar-refractivity contribution in [1.29, 1.82) is 0 Å². The lowest BCUT2D eigenvalue weighted by Crippen LogP contribution is -2.49. The first kappa shape index (κ1) is 31.8. The highest BCUT2D eigenvalue weighted by Crippen LogP contribution is 2.37. The Morgan fingerprint density at radius 3 is 2.23 bits per heavy atom. The Balaban J connectivity index is 1.73. The highest BCUT2D eigenvalue weighted by Gasteiger charge is 2.37. The van der Waals surface area contributed by atoms with Gasteiger partial charge in [-0.05, 0) is 81.6 Å². The molecule has 1 N–H and O–H groups in total. The summed E-state index contributed by atoms with van der Waals surface area (Å²) >= 11 is 6.33. The van der Waals surface area contributed by atoms with E-state index in [1.54, 1.807) is 30.1 Å². The van der Waals surface area contributed by atoms with Crippen LogP contribution < -0.4 is 19.5 Å². The Morgan fingerprint density at radius 1 is 0.953 bits per heavy atom. The van der Waals surface area contributed by atoms with Crippen LogP contribution in [0.3, 0.4) is 0 Å². The van der Waals surface area contributed by atoms with Gasteiger partial charge in [0.15, 0.2) is 0 Å². The first-order chi connectivity index (χ1) is 20.6. The molecule has 0 bridgehead atoms. The van der Waals surface area contributed by atoms with E-state index >= 15 is 0 Å². The molecule has 1 aliphatic heterocycles. The molecule has 0 aromatic heterocycles. The van der Waals surface area contributed by atoms with Crippen molar-refractivity contribution in [2.24, 2.45) is 0 Å². The van der Waals surface area contributed by atoms with Crippen molar-refractivity contribution in [3.8, 4) is 17.2 Å². The number of halogens is 1. The summed E-state index contributed by atoms with van der Waals surface area (Å²) in [5.74, 6) is 1.88. The molecule has 228 valence electrons. The molecular weight excluding hydrogens is 566 g/mol. The molecule has 9 heteroatoms. The molecule has 43 heavy (non-hydrogen) atoms. The molecule has 1 atom stereocenters. The molecule has 1 unspecified atom stereocenters. The SMILES string of the molecule is CCN(CC)C(=O)C1=C(C)N(Cc2ccc(OC)cc2OC)C(=O)NC1c1cc(C)c(OCc2ccccc2Cl)c(C)c1. The number of allylic oxidation sites excluding steroid dienone is 1. The van der Waals surface area contributed by atoms with Crippen LogP contribution in [-0.2, 0) is 17.9 Å². The molecule has 0 spiro atoms. The zero-order chi connectivity index (χ0) is 31.3. The van der Waals surface area contributed by atoms with Gasteiger partial charge in [0.1, 0.15) is 23.9 Å². The fraction of sp³-hybridized carbons (Fsp3) is 0.353. The Morgan fingerprint density at radius 2 is 1.63 bits per heavy atom. The third-order valence-corrected chi connectivity index (χ3v) is 8.21. The summed E-state index contributed by atoms with van der Waals surface area (Å²) in [7, 11) is 3.17. The van der Waals surface area contributed by atoms with Crippen LogP contribution in [0.15, 0.2) is 65.9 Å². The van der Waals surface area contributed by atoms with Crippen LogP contribution in [0.1, 0.15) is 54.6 Å². The zero-order valence-electron chi connectivity index (χ0n) is 25.9. The topological polar surface area (TPSA) is 80.3 Å². The molecule has 0 aliphatic carbocycles. The van der Waals surface area contributed by atoms with E-state index in [0.717, 1.165) is 33.6 Å². The number of ether oxygens (including phenoxy) is 3. The summed E-state index contributed by atoms with van der Waals surface area (Å²) in [4.78, 5) is 31.0. The number of hydrogen-bond acceptors (Lipinski definition) is 5. The van der Waals surface area contributed by atoms with Crippen molar-refractivity contribution >= 4 is 23.5 Å². The van der Waals surface area contributed by atoms with Gasteiger partial charge in [0.2, 0.25) is 0 Å². The van der Waals surface area contributed by atoms with Gasteiger partial charge in [-0.1, -0.05) is 29.8 Å². The minimum absolute atomic E-state index is 0.117. The molecule has 1 heterocycles. The standard InChI is InChI=1S/C34H40ClN3O5/c1-8-37(9-2)33(39)30-23(5)38(19-24-14-15-27(41-6)18-29(24)42-7)34(40)36-31(30)26-16-21(3)32(22(4)17-26)43-20-25-12-10-11-13-28(25)35/h10-18,31H,8-9,19-20H2,1-7H3,(H,36,40). The number of rotatable bonds is 11. The predicted octanol–water partition coefficient (Wildman–Crippen LogP) is 6.96. The van der Waals surface area contributed by atoms with Crippen molar-refractivity contribution in [2.75, 3.05) is 27.3 Å². The van der Waals surface area contributed by atoms with Gasteiger partial charge in [-0.3, -0.25) is 9.69 Å². The molecular formula is C34H40ClN3O5. The number of nitrogens with zero attached hydrogens (tertiary/aromatic N) is 2. The summed E-state index contributed by atoms with van der Waals surface area (Å²) < 4.78 is 17.1. The van der Waals surface area contributed by atoms with Gasteiger partial charge >= 0.3 is 6.03 Å². The molecule has 0 saturated heterocycles. The van der Waals surface area contributed by atoms with Crippen LogP contribution in [0.25, 0.3) is 0 Å². The molecule has 0 radical (unpaired) electrons. The lowest BCUT2D eigenvalue weighted by Gasteiger charge is -2.37. The highest BCUT2D eigenvalue weighted by molar-refractivity contribution is 6.31. The number of likely N-dealkylation sites (N-methyl/N-ethyl adjacent to an activating group) is 1. The minimum atomic E-state index is -0.635. The second kappa shape index (κ2) is 13.9. The van der Waals surface area contributed by atoms with Crippen molar-refractivity contribution < 1.29 is 23.8 Å². The van der Waals surface area contributed by atoms with Crippen molar-refractivity contribution in [3.63, 3.8) is 0 Å². The summed E-state index contributed by atoms with van der Waals surface area (Å²) in [6.45, 7) is 11.3. The number of nitrogens with one attached hydrogen (secondary N) is 1. The van der Waals surface area contributed by atoms with Crippen LogP contribution in [0, 0.1) is 13.8 Å². The first-order valence-corrected chi connectivity index (χ1v) is 14.8. The lowest BCUT2D eigenvalue weighted by atomic mass is 9.91. The molecule has 0 fully saturated rings. The molecule has 3 aromatic rings. The van der Waals surface area contributed by atoms with Crippen molar-refractivity contribution in [3.05, 3.63) is 98.7 Å². The number of carbonyl (C=O) groups is 2. The maximum Gasteiger partial charge on any atom is 0.322 e. The number of hydrogen-bond donors (Lipinski definition) is 1. The summed E-state index contributed by atoms with van der Waals surface area (Å²) in [5, 5.41) is 3.77. The second-order valence-electron chi connectivity index (χ2n) is 10.5. The van der Waals surface area contributed by atoms with Crippen LogP contribution in [0.4, 0.5) is 4.79 Å². The largest absolute Gasteiger partial charge is 0.497 e. The van der Waals surface area contributed by atoms with Gasteiger partial charge in [-0.15, -0.1) is 0 Å². The Labute approximate surface area is 259 Å². The van der Waals surface area contributed by atoms with E-state index in [0.29, 0.717) is 47.5 Å². The molecule has 3 aromatic carbocycles. The second-order valence-corrected chi connectivity index (χ2v) is 10.9. The molecule has 8 nitrogen and oxygen atoms in total. The van der Waals surface area contributed by atoms with Gasteiger partial charge in [0, 0.05) is 41.0 Å². The van der Waals surface area contributed by atoms with Crippen molar-refractivity contribution in [1.82, 2.24) is 15.1 Å². The zero-order valence-corrected chi connectivity index (χ0v) is 26.7. The first-order valence-electron chi connectivity index (χ1n) is 14.4. The number of aryl methyl sites for hydroxylation is 2. The fourth-order valence-electron chi connectivity index (χ4n) is 5.48. The van der Waals surface area contributed by atoms with E-state index in [2.05, 4.69) is 5.32 Å². The van der Waals surface area contributed by atoms with Crippen LogP contribution in [0.2, 0.25) is 5.02 Å². The fourth-order valence-corrected chi connectivity index (χ4v) is 5.67. The Hall–Kier alpha value is -4.17. The lowest BCUT2D eigenvalue weighted by molar-refractivity contribution is -0.127. The molecule has 4 rings (SSSR count). The monoisotopic (exact) mass is 605 g/mol. The molecule has 3 amide bonds. The van der Waals surface area contributed by atoms with E-state index in [9.17, 15) is 9.59 Å². The minimum Gasteiger partial charge on any atom is -0.497 e. The van der Waals surface area contributed by atoms with Gasteiger partial charge in [-0.2, -0.15) is 0 Å². The van der Waals surface area contributed by atoms with Gasteiger partial charge in [-0.25, -0.2) is 4.79 Å². The van der Waals surface area contributed by atoms with Gasteiger partial charge < -0.3 is 24.4 Å². The van der Waals surface area contributed by atoms with E-state index in [-0.39, 0.29) is 18.5 Å². The average molecular weight is 606 g/mol. The van der Waals surface area contributed by atoms with Crippen LogP contribution >= 0.6 is 11.6 Å². The van der Waals surface area contributed by atoms with E-state index < -0.39 is 6.04 Å². The maximum absolute atomic E-state index is 14.0. The third kappa shape index (κ3) is 6.75. The van der Waals surface area contributed by atoms with Gasteiger partial charge in [0.05, 0.1) is 32.4 Å². The Kier molecular flexibility index (Phi) is 10.2. The van der Waals surface area contributed by atoms with Gasteiger partial charge in [0.25, 0.3) is 5.91 Å². The Bertz CT molecular complexity index is 1510. The maximum atomic E-state index is 14.0.